The number of fused-ring (bicyclic) bond motifs is 2. The summed E-state index contributed by atoms with van der Waals surface area (Å²) in [6.07, 6.45) is 5.13. The molecule has 4 rings (SSSR count). The Morgan fingerprint density at radius 2 is 2.11 bits per heavy atom. The van der Waals surface area contributed by atoms with E-state index in [2.05, 4.69) is 15.6 Å². The number of hydrogen-bond acceptors (Lipinski definition) is 2. The summed E-state index contributed by atoms with van der Waals surface area (Å²) in [4.78, 5) is 28.0. The molecule has 2 aliphatic rings. The first-order chi connectivity index (χ1) is 13.0. The number of aryl methyl sites for hydroxylation is 1. The zero-order chi connectivity index (χ0) is 19.0. The van der Waals surface area contributed by atoms with Gasteiger partial charge in [-0.05, 0) is 55.9 Å². The van der Waals surface area contributed by atoms with Crippen molar-refractivity contribution < 1.29 is 14.0 Å². The van der Waals surface area contributed by atoms with E-state index >= 15 is 0 Å². The SMILES string of the molecule is Cc1[nH]c2ccc(F)cc2c1CCNC(=O)C1CC(=O)NC2CCCCC21. The zero-order valence-corrected chi connectivity index (χ0v) is 15.6. The number of rotatable bonds is 4. The van der Waals surface area contributed by atoms with E-state index in [-0.39, 0.29) is 41.9 Å². The fourth-order valence-electron chi connectivity index (χ4n) is 4.84. The maximum Gasteiger partial charge on any atom is 0.224 e. The Morgan fingerprint density at radius 1 is 1.30 bits per heavy atom. The number of aromatic amines is 1. The Morgan fingerprint density at radius 3 is 2.96 bits per heavy atom. The maximum atomic E-state index is 13.6. The topological polar surface area (TPSA) is 74.0 Å². The van der Waals surface area contributed by atoms with Crippen molar-refractivity contribution in [2.45, 2.75) is 51.5 Å². The summed E-state index contributed by atoms with van der Waals surface area (Å²) in [6, 6.07) is 4.87. The second-order valence-electron chi connectivity index (χ2n) is 7.89. The highest BCUT2D eigenvalue weighted by Gasteiger charge is 2.41. The van der Waals surface area contributed by atoms with E-state index in [4.69, 9.17) is 0 Å². The number of piperidine rings is 1. The molecule has 0 spiro atoms. The molecule has 2 heterocycles. The lowest BCUT2D eigenvalue weighted by molar-refractivity contribution is -0.137. The molecule has 1 aliphatic heterocycles. The van der Waals surface area contributed by atoms with Crippen molar-refractivity contribution in [3.63, 3.8) is 0 Å². The van der Waals surface area contributed by atoms with E-state index in [1.807, 2.05) is 6.92 Å². The summed E-state index contributed by atoms with van der Waals surface area (Å²) < 4.78 is 13.6. The average Bonchev–Trinajstić information content (AvgIpc) is 2.95. The smallest absolute Gasteiger partial charge is 0.224 e. The van der Waals surface area contributed by atoms with Crippen LogP contribution in [0.3, 0.4) is 0 Å². The molecule has 144 valence electrons. The fourth-order valence-corrected chi connectivity index (χ4v) is 4.84. The lowest BCUT2D eigenvalue weighted by Gasteiger charge is -2.40. The van der Waals surface area contributed by atoms with Crippen LogP contribution in [0.2, 0.25) is 0 Å². The van der Waals surface area contributed by atoms with Gasteiger partial charge in [0.15, 0.2) is 0 Å². The highest BCUT2D eigenvalue weighted by atomic mass is 19.1. The van der Waals surface area contributed by atoms with Crippen LogP contribution in [0.25, 0.3) is 10.9 Å². The van der Waals surface area contributed by atoms with Gasteiger partial charge in [-0.3, -0.25) is 9.59 Å². The number of carbonyl (C=O) groups excluding carboxylic acids is 2. The van der Waals surface area contributed by atoms with Gasteiger partial charge in [-0.25, -0.2) is 4.39 Å². The van der Waals surface area contributed by atoms with Crippen molar-refractivity contribution >= 4 is 22.7 Å². The van der Waals surface area contributed by atoms with Crippen LogP contribution in [-0.4, -0.2) is 29.4 Å². The van der Waals surface area contributed by atoms with Gasteiger partial charge in [0.2, 0.25) is 11.8 Å². The monoisotopic (exact) mass is 371 g/mol. The van der Waals surface area contributed by atoms with Gasteiger partial charge in [-0.1, -0.05) is 12.8 Å². The standard InChI is InChI=1S/C21H26FN3O2/c1-12-14(16-10-13(22)6-7-19(16)24-12)8-9-23-21(27)17-11-20(26)25-18-5-3-2-4-15(17)18/h6-7,10,15,17-18,24H,2-5,8-9,11H2,1H3,(H,23,27)(H,25,26). The van der Waals surface area contributed by atoms with Gasteiger partial charge in [-0.2, -0.15) is 0 Å². The third-order valence-corrected chi connectivity index (χ3v) is 6.18. The van der Waals surface area contributed by atoms with E-state index in [1.165, 1.54) is 12.1 Å². The molecular formula is C21H26FN3O2. The van der Waals surface area contributed by atoms with Crippen molar-refractivity contribution in [3.05, 3.63) is 35.3 Å². The molecule has 1 saturated carbocycles. The van der Waals surface area contributed by atoms with Crippen LogP contribution in [-0.2, 0) is 16.0 Å². The first kappa shape index (κ1) is 18.0. The summed E-state index contributed by atoms with van der Waals surface area (Å²) in [7, 11) is 0. The largest absolute Gasteiger partial charge is 0.358 e. The molecule has 0 bridgehead atoms. The van der Waals surface area contributed by atoms with Crippen LogP contribution in [0, 0.1) is 24.6 Å². The normalized spacial score (nSPS) is 25.1. The minimum atomic E-state index is -0.261. The number of carbonyl (C=O) groups is 2. The van der Waals surface area contributed by atoms with Crippen LogP contribution in [0.15, 0.2) is 18.2 Å². The molecule has 2 aromatic rings. The van der Waals surface area contributed by atoms with Crippen molar-refractivity contribution in [1.29, 1.82) is 0 Å². The Balaban J connectivity index is 1.41. The number of nitrogens with one attached hydrogen (secondary N) is 3. The van der Waals surface area contributed by atoms with Crippen LogP contribution in [0.4, 0.5) is 4.39 Å². The van der Waals surface area contributed by atoms with Crippen molar-refractivity contribution in [2.24, 2.45) is 11.8 Å². The van der Waals surface area contributed by atoms with E-state index in [9.17, 15) is 14.0 Å². The first-order valence-electron chi connectivity index (χ1n) is 9.86. The van der Waals surface area contributed by atoms with Gasteiger partial charge < -0.3 is 15.6 Å². The van der Waals surface area contributed by atoms with Crippen molar-refractivity contribution in [3.8, 4) is 0 Å². The maximum absolute atomic E-state index is 13.6. The number of halogens is 1. The highest BCUT2D eigenvalue weighted by molar-refractivity contribution is 5.88. The van der Waals surface area contributed by atoms with Gasteiger partial charge in [0, 0.05) is 35.6 Å². The molecule has 2 fully saturated rings. The van der Waals surface area contributed by atoms with Gasteiger partial charge in [0.05, 0.1) is 5.92 Å². The minimum Gasteiger partial charge on any atom is -0.358 e. The summed E-state index contributed by atoms with van der Waals surface area (Å²) >= 11 is 0. The third-order valence-electron chi connectivity index (χ3n) is 6.18. The molecule has 3 N–H and O–H groups in total. The van der Waals surface area contributed by atoms with E-state index in [0.29, 0.717) is 13.0 Å². The Kier molecular flexibility index (Phi) is 4.89. The molecule has 1 aromatic carbocycles. The quantitative estimate of drug-likeness (QED) is 0.773. The second-order valence-corrected chi connectivity index (χ2v) is 7.89. The van der Waals surface area contributed by atoms with Crippen molar-refractivity contribution in [1.82, 2.24) is 15.6 Å². The third kappa shape index (κ3) is 3.57. The highest BCUT2D eigenvalue weighted by Crippen LogP contribution is 2.35. The predicted molar refractivity (Wildman–Crippen MR) is 102 cm³/mol. The second kappa shape index (κ2) is 7.33. The number of aromatic nitrogens is 1. The molecule has 1 aliphatic carbocycles. The lowest BCUT2D eigenvalue weighted by Crippen LogP contribution is -2.54. The summed E-state index contributed by atoms with van der Waals surface area (Å²) in [6.45, 7) is 2.45. The fraction of sp³-hybridized carbons (Fsp3) is 0.524. The van der Waals surface area contributed by atoms with Gasteiger partial charge >= 0.3 is 0 Å². The summed E-state index contributed by atoms with van der Waals surface area (Å²) in [5, 5.41) is 6.95. The summed E-state index contributed by atoms with van der Waals surface area (Å²) in [5.74, 6) is -0.277. The molecule has 27 heavy (non-hydrogen) atoms. The van der Waals surface area contributed by atoms with Gasteiger partial charge in [0.1, 0.15) is 5.82 Å². The Labute approximate surface area is 158 Å². The number of H-pyrrole nitrogens is 1. The lowest BCUT2D eigenvalue weighted by atomic mass is 9.72. The van der Waals surface area contributed by atoms with Crippen LogP contribution >= 0.6 is 0 Å². The van der Waals surface area contributed by atoms with E-state index in [1.54, 1.807) is 6.07 Å². The van der Waals surface area contributed by atoms with Crippen LogP contribution < -0.4 is 10.6 Å². The van der Waals surface area contributed by atoms with E-state index in [0.717, 1.165) is 47.8 Å². The molecule has 1 saturated heterocycles. The van der Waals surface area contributed by atoms with Crippen LogP contribution in [0.5, 0.6) is 0 Å². The zero-order valence-electron chi connectivity index (χ0n) is 15.6. The molecule has 5 nitrogen and oxygen atoms in total. The minimum absolute atomic E-state index is 0.0127. The molecule has 2 amide bonds. The van der Waals surface area contributed by atoms with E-state index < -0.39 is 0 Å². The van der Waals surface area contributed by atoms with Gasteiger partial charge in [-0.15, -0.1) is 0 Å². The molecule has 0 radical (unpaired) electrons. The number of hydrogen-bond donors (Lipinski definition) is 3. The predicted octanol–water partition coefficient (Wildman–Crippen LogP) is 2.97. The molecule has 3 unspecified atom stereocenters. The number of amides is 2. The molecule has 6 heteroatoms. The summed E-state index contributed by atoms with van der Waals surface area (Å²) in [5.41, 5.74) is 2.93. The van der Waals surface area contributed by atoms with Crippen molar-refractivity contribution in [2.75, 3.05) is 6.54 Å². The molecule has 1 aromatic heterocycles. The molecule has 3 atom stereocenters. The Bertz CT molecular complexity index is 876. The average molecular weight is 371 g/mol. The number of benzene rings is 1. The first-order valence-corrected chi connectivity index (χ1v) is 9.86. The van der Waals surface area contributed by atoms with Crippen LogP contribution in [0.1, 0.15) is 43.4 Å². The Hall–Kier alpha value is -2.37. The van der Waals surface area contributed by atoms with Gasteiger partial charge in [0.25, 0.3) is 0 Å². The molecular weight excluding hydrogens is 345 g/mol.